The SMILES string of the molecule is COC(=O)c1cc(NCC(C)(C)OC)c(Br)cc1N. The Morgan fingerprint density at radius 1 is 1.42 bits per heavy atom. The fraction of sp³-hybridized carbons (Fsp3) is 0.462. The van der Waals surface area contributed by atoms with E-state index >= 15 is 0 Å². The van der Waals surface area contributed by atoms with Gasteiger partial charge in [-0.2, -0.15) is 0 Å². The molecule has 0 unspecified atom stereocenters. The van der Waals surface area contributed by atoms with Crippen LogP contribution in [-0.4, -0.2) is 32.3 Å². The van der Waals surface area contributed by atoms with Crippen molar-refractivity contribution in [2.24, 2.45) is 0 Å². The van der Waals surface area contributed by atoms with E-state index in [-0.39, 0.29) is 5.60 Å². The summed E-state index contributed by atoms with van der Waals surface area (Å²) in [7, 11) is 2.98. The second kappa shape index (κ2) is 6.25. The third-order valence-electron chi connectivity index (χ3n) is 2.80. The molecule has 0 heterocycles. The number of esters is 1. The number of hydrogen-bond acceptors (Lipinski definition) is 5. The molecule has 0 saturated heterocycles. The highest BCUT2D eigenvalue weighted by Gasteiger charge is 2.18. The Hall–Kier alpha value is -1.27. The Morgan fingerprint density at radius 3 is 2.58 bits per heavy atom. The molecule has 0 spiro atoms. The molecule has 5 nitrogen and oxygen atoms in total. The summed E-state index contributed by atoms with van der Waals surface area (Å²) in [5, 5.41) is 3.22. The van der Waals surface area contributed by atoms with Gasteiger partial charge in [0.05, 0.1) is 18.3 Å². The maximum absolute atomic E-state index is 11.6. The molecular weight excluding hydrogens is 312 g/mol. The average molecular weight is 331 g/mol. The zero-order valence-electron chi connectivity index (χ0n) is 11.5. The number of hydrogen-bond donors (Lipinski definition) is 2. The van der Waals surface area contributed by atoms with E-state index in [4.69, 9.17) is 15.2 Å². The molecule has 0 aromatic heterocycles. The normalized spacial score (nSPS) is 11.2. The maximum Gasteiger partial charge on any atom is 0.340 e. The Morgan fingerprint density at radius 2 is 2.05 bits per heavy atom. The lowest BCUT2D eigenvalue weighted by Gasteiger charge is -2.24. The molecule has 0 fully saturated rings. The molecule has 106 valence electrons. The van der Waals surface area contributed by atoms with Crippen LogP contribution in [0.1, 0.15) is 24.2 Å². The number of anilines is 2. The lowest BCUT2D eigenvalue weighted by Crippen LogP contribution is -2.32. The number of carbonyl (C=O) groups is 1. The van der Waals surface area contributed by atoms with Crippen molar-refractivity contribution in [2.75, 3.05) is 31.8 Å². The van der Waals surface area contributed by atoms with Crippen molar-refractivity contribution < 1.29 is 14.3 Å². The van der Waals surface area contributed by atoms with Crippen LogP contribution >= 0.6 is 15.9 Å². The van der Waals surface area contributed by atoms with Gasteiger partial charge in [-0.25, -0.2) is 4.79 Å². The molecule has 0 bridgehead atoms. The van der Waals surface area contributed by atoms with Gasteiger partial charge < -0.3 is 20.5 Å². The number of nitrogens with one attached hydrogen (secondary N) is 1. The molecule has 1 rings (SSSR count). The molecule has 0 aliphatic rings. The van der Waals surface area contributed by atoms with E-state index < -0.39 is 5.97 Å². The molecule has 0 atom stereocenters. The molecule has 0 aliphatic carbocycles. The number of halogens is 1. The number of methoxy groups -OCH3 is 2. The second-order valence-electron chi connectivity index (χ2n) is 4.73. The lowest BCUT2D eigenvalue weighted by atomic mass is 10.1. The first-order chi connectivity index (χ1) is 8.80. The highest BCUT2D eigenvalue weighted by molar-refractivity contribution is 9.10. The zero-order chi connectivity index (χ0) is 14.6. The van der Waals surface area contributed by atoms with Crippen molar-refractivity contribution in [2.45, 2.75) is 19.4 Å². The molecule has 1 aromatic carbocycles. The molecule has 0 radical (unpaired) electrons. The standard InChI is InChI=1S/C13H19BrN2O3/c1-13(2,19-4)7-16-11-5-8(12(17)18-3)10(15)6-9(11)14/h5-6,16H,7,15H2,1-4H3. The molecular formula is C13H19BrN2O3. The van der Waals surface area contributed by atoms with Gasteiger partial charge in [-0.05, 0) is 41.9 Å². The minimum atomic E-state index is -0.459. The van der Waals surface area contributed by atoms with Gasteiger partial charge >= 0.3 is 5.97 Å². The van der Waals surface area contributed by atoms with Crippen molar-refractivity contribution >= 4 is 33.3 Å². The summed E-state index contributed by atoms with van der Waals surface area (Å²) in [4.78, 5) is 11.6. The quantitative estimate of drug-likeness (QED) is 0.641. The van der Waals surface area contributed by atoms with Crippen LogP contribution in [-0.2, 0) is 9.47 Å². The fourth-order valence-electron chi connectivity index (χ4n) is 1.39. The summed E-state index contributed by atoms with van der Waals surface area (Å²) in [5.74, 6) is -0.459. The summed E-state index contributed by atoms with van der Waals surface area (Å²) in [5.41, 5.74) is 6.95. The third-order valence-corrected chi connectivity index (χ3v) is 3.46. The molecule has 0 amide bonds. The summed E-state index contributed by atoms with van der Waals surface area (Å²) >= 11 is 3.41. The van der Waals surface area contributed by atoms with E-state index in [1.165, 1.54) is 7.11 Å². The molecule has 6 heteroatoms. The van der Waals surface area contributed by atoms with E-state index in [2.05, 4.69) is 21.2 Å². The molecule has 0 saturated carbocycles. The largest absolute Gasteiger partial charge is 0.465 e. The third kappa shape index (κ3) is 4.11. The van der Waals surface area contributed by atoms with Gasteiger partial charge in [0, 0.05) is 29.5 Å². The highest BCUT2D eigenvalue weighted by Crippen LogP contribution is 2.29. The number of nitrogen functional groups attached to an aromatic ring is 1. The summed E-state index contributed by atoms with van der Waals surface area (Å²) in [6.07, 6.45) is 0. The summed E-state index contributed by atoms with van der Waals surface area (Å²) < 4.78 is 10.8. The number of benzene rings is 1. The van der Waals surface area contributed by atoms with Crippen LogP contribution in [0.25, 0.3) is 0 Å². The molecule has 19 heavy (non-hydrogen) atoms. The Kier molecular flexibility index (Phi) is 5.20. The lowest BCUT2D eigenvalue weighted by molar-refractivity contribution is 0.0343. The van der Waals surface area contributed by atoms with Crippen LogP contribution in [0.15, 0.2) is 16.6 Å². The van der Waals surface area contributed by atoms with E-state index in [1.54, 1.807) is 19.2 Å². The van der Waals surface area contributed by atoms with Crippen LogP contribution in [0.2, 0.25) is 0 Å². The molecule has 1 aromatic rings. The van der Waals surface area contributed by atoms with Crippen molar-refractivity contribution in [3.8, 4) is 0 Å². The van der Waals surface area contributed by atoms with Gasteiger partial charge in [0.2, 0.25) is 0 Å². The van der Waals surface area contributed by atoms with Crippen LogP contribution in [0, 0.1) is 0 Å². The van der Waals surface area contributed by atoms with Crippen molar-refractivity contribution in [1.29, 1.82) is 0 Å². The average Bonchev–Trinajstić information content (AvgIpc) is 2.37. The Balaban J connectivity index is 2.98. The first kappa shape index (κ1) is 15.8. The van der Waals surface area contributed by atoms with Crippen LogP contribution in [0.4, 0.5) is 11.4 Å². The first-order valence-corrected chi connectivity index (χ1v) is 6.56. The van der Waals surface area contributed by atoms with Gasteiger partial charge in [-0.15, -0.1) is 0 Å². The van der Waals surface area contributed by atoms with Gasteiger partial charge in [-0.3, -0.25) is 0 Å². The molecule has 0 aliphatic heterocycles. The summed E-state index contributed by atoms with van der Waals surface area (Å²) in [6.45, 7) is 4.52. The van der Waals surface area contributed by atoms with Gasteiger partial charge in [0.1, 0.15) is 0 Å². The predicted octanol–water partition coefficient (Wildman–Crippen LogP) is 2.65. The van der Waals surface area contributed by atoms with E-state index in [9.17, 15) is 4.79 Å². The minimum Gasteiger partial charge on any atom is -0.465 e. The predicted molar refractivity (Wildman–Crippen MR) is 79.5 cm³/mol. The van der Waals surface area contributed by atoms with Crippen LogP contribution < -0.4 is 11.1 Å². The number of ether oxygens (including phenoxy) is 2. The monoisotopic (exact) mass is 330 g/mol. The van der Waals surface area contributed by atoms with E-state index in [1.807, 2.05) is 13.8 Å². The van der Waals surface area contributed by atoms with E-state index in [0.717, 1.165) is 10.2 Å². The topological polar surface area (TPSA) is 73.6 Å². The van der Waals surface area contributed by atoms with E-state index in [0.29, 0.717) is 17.8 Å². The maximum atomic E-state index is 11.6. The number of carbonyl (C=O) groups excluding carboxylic acids is 1. The van der Waals surface area contributed by atoms with Gasteiger partial charge in [0.15, 0.2) is 0 Å². The van der Waals surface area contributed by atoms with Crippen molar-refractivity contribution in [3.05, 3.63) is 22.2 Å². The van der Waals surface area contributed by atoms with Gasteiger partial charge in [0.25, 0.3) is 0 Å². The Bertz CT molecular complexity index is 475. The first-order valence-electron chi connectivity index (χ1n) is 5.77. The Labute approximate surface area is 121 Å². The van der Waals surface area contributed by atoms with Crippen molar-refractivity contribution in [1.82, 2.24) is 0 Å². The van der Waals surface area contributed by atoms with Crippen molar-refractivity contribution in [3.63, 3.8) is 0 Å². The minimum absolute atomic E-state index is 0.313. The smallest absolute Gasteiger partial charge is 0.340 e. The summed E-state index contributed by atoms with van der Waals surface area (Å²) in [6, 6.07) is 3.34. The van der Waals surface area contributed by atoms with Gasteiger partial charge in [-0.1, -0.05) is 0 Å². The number of rotatable bonds is 5. The number of nitrogens with two attached hydrogens (primary N) is 1. The second-order valence-corrected chi connectivity index (χ2v) is 5.58. The highest BCUT2D eigenvalue weighted by atomic mass is 79.9. The van der Waals surface area contributed by atoms with Crippen LogP contribution in [0.3, 0.4) is 0 Å². The van der Waals surface area contributed by atoms with Crippen LogP contribution in [0.5, 0.6) is 0 Å². The zero-order valence-corrected chi connectivity index (χ0v) is 13.1. The fourth-order valence-corrected chi connectivity index (χ4v) is 1.89. The molecule has 3 N–H and O–H groups in total.